The smallest absolute Gasteiger partial charge is 0.263 e. The van der Waals surface area contributed by atoms with Gasteiger partial charge in [0.15, 0.2) is 5.65 Å². The number of nitrogens with two attached hydrogens (primary N) is 1. The van der Waals surface area contributed by atoms with Gasteiger partial charge in [-0.2, -0.15) is 5.10 Å². The lowest BCUT2D eigenvalue weighted by Gasteiger charge is -2.17. The molecule has 0 saturated heterocycles. The van der Waals surface area contributed by atoms with Crippen molar-refractivity contribution in [2.45, 2.75) is 26.5 Å². The highest BCUT2D eigenvalue weighted by molar-refractivity contribution is 5.90. The molecule has 0 spiro atoms. The van der Waals surface area contributed by atoms with Crippen molar-refractivity contribution in [2.75, 3.05) is 5.73 Å². The van der Waals surface area contributed by atoms with Crippen LogP contribution >= 0.6 is 0 Å². The molecular formula is C26H22N6O3. The van der Waals surface area contributed by atoms with E-state index in [4.69, 9.17) is 5.73 Å². The van der Waals surface area contributed by atoms with Crippen LogP contribution in [0.1, 0.15) is 23.9 Å². The van der Waals surface area contributed by atoms with E-state index in [-0.39, 0.29) is 23.7 Å². The van der Waals surface area contributed by atoms with E-state index >= 15 is 0 Å². The van der Waals surface area contributed by atoms with Gasteiger partial charge in [-0.1, -0.05) is 36.3 Å². The molecule has 0 fully saturated rings. The molecule has 0 unspecified atom stereocenters. The summed E-state index contributed by atoms with van der Waals surface area (Å²) in [6.45, 7) is 3.57. The third kappa shape index (κ3) is 3.86. The van der Waals surface area contributed by atoms with Crippen LogP contribution in [0.4, 0.5) is 5.82 Å². The molecule has 0 aliphatic heterocycles. The number of hydrogen-bond acceptors (Lipinski definition) is 7. The zero-order valence-electron chi connectivity index (χ0n) is 19.1. The molecule has 3 heterocycles. The second-order valence-corrected chi connectivity index (χ2v) is 8.21. The Hall–Kier alpha value is -4.68. The van der Waals surface area contributed by atoms with E-state index in [0.717, 1.165) is 10.9 Å². The van der Waals surface area contributed by atoms with Crippen LogP contribution in [0.5, 0.6) is 5.75 Å². The Labute approximate surface area is 200 Å². The molecule has 1 atom stereocenters. The first kappa shape index (κ1) is 22.1. The van der Waals surface area contributed by atoms with Gasteiger partial charge in [-0.15, -0.1) is 0 Å². The first-order valence-corrected chi connectivity index (χ1v) is 10.9. The number of benzene rings is 2. The fraction of sp³-hybridized carbons (Fsp3) is 0.154. The van der Waals surface area contributed by atoms with Crippen molar-refractivity contribution in [3.8, 4) is 23.3 Å². The third-order valence-corrected chi connectivity index (χ3v) is 5.72. The summed E-state index contributed by atoms with van der Waals surface area (Å²) in [5.41, 5.74) is 8.39. The highest BCUT2D eigenvalue weighted by Gasteiger charge is 2.19. The number of aryl methyl sites for hydroxylation is 1. The fourth-order valence-electron chi connectivity index (χ4n) is 4.18. The van der Waals surface area contributed by atoms with E-state index in [1.807, 2.05) is 31.2 Å². The molecule has 0 radical (unpaired) electrons. The summed E-state index contributed by atoms with van der Waals surface area (Å²) in [5, 5.41) is 26.6. The number of fused-ring (bicyclic) bond motifs is 2. The van der Waals surface area contributed by atoms with Gasteiger partial charge in [0, 0.05) is 5.69 Å². The molecular weight excluding hydrogens is 444 g/mol. The fourth-order valence-corrected chi connectivity index (χ4v) is 4.18. The molecule has 9 nitrogen and oxygen atoms in total. The number of phenols is 1. The number of nitrogen functional groups attached to an aromatic ring is 1. The van der Waals surface area contributed by atoms with Crippen molar-refractivity contribution in [1.29, 1.82) is 0 Å². The van der Waals surface area contributed by atoms with E-state index in [0.29, 0.717) is 33.5 Å². The lowest BCUT2D eigenvalue weighted by atomic mass is 10.1. The molecule has 0 saturated carbocycles. The highest BCUT2D eigenvalue weighted by atomic mass is 16.3. The van der Waals surface area contributed by atoms with Crippen LogP contribution in [-0.2, 0) is 6.54 Å². The van der Waals surface area contributed by atoms with Gasteiger partial charge in [-0.05, 0) is 48.9 Å². The SMILES string of the molecule is Cc1cccc2cc(Cn3nc(C#C[C@@H](C)O)c4c(N)ncnc43)n(-c3ccccc3O)c(=O)c12. The number of hydrogen-bond donors (Lipinski definition) is 3. The molecule has 5 rings (SSSR count). The predicted molar refractivity (Wildman–Crippen MR) is 133 cm³/mol. The minimum atomic E-state index is -0.851. The number of nitrogens with zero attached hydrogens (tertiary/aromatic N) is 5. The van der Waals surface area contributed by atoms with Crippen molar-refractivity contribution < 1.29 is 10.2 Å². The van der Waals surface area contributed by atoms with Crippen LogP contribution in [-0.4, -0.2) is 40.6 Å². The Bertz CT molecular complexity index is 1720. The molecule has 0 bridgehead atoms. The molecule has 0 aliphatic rings. The average Bonchev–Trinajstić information content (AvgIpc) is 3.17. The Morgan fingerprint density at radius 3 is 2.69 bits per heavy atom. The van der Waals surface area contributed by atoms with Gasteiger partial charge >= 0.3 is 0 Å². The Morgan fingerprint density at radius 1 is 1.11 bits per heavy atom. The predicted octanol–water partition coefficient (Wildman–Crippen LogP) is 2.51. The van der Waals surface area contributed by atoms with Gasteiger partial charge in [0.1, 0.15) is 29.7 Å². The third-order valence-electron chi connectivity index (χ3n) is 5.72. The van der Waals surface area contributed by atoms with Crippen molar-refractivity contribution in [1.82, 2.24) is 24.3 Å². The summed E-state index contributed by atoms with van der Waals surface area (Å²) in [6.07, 6.45) is 0.484. The lowest BCUT2D eigenvalue weighted by Crippen LogP contribution is -2.24. The van der Waals surface area contributed by atoms with Gasteiger partial charge in [0.05, 0.1) is 23.0 Å². The van der Waals surface area contributed by atoms with E-state index in [9.17, 15) is 15.0 Å². The van der Waals surface area contributed by atoms with Gasteiger partial charge in [0.2, 0.25) is 0 Å². The van der Waals surface area contributed by atoms with Crippen molar-refractivity contribution >= 4 is 27.6 Å². The highest BCUT2D eigenvalue weighted by Crippen LogP contribution is 2.26. The molecule has 4 N–H and O–H groups in total. The first-order chi connectivity index (χ1) is 16.8. The van der Waals surface area contributed by atoms with Crippen LogP contribution in [0, 0.1) is 18.8 Å². The number of para-hydroxylation sites is 2. The zero-order valence-corrected chi connectivity index (χ0v) is 19.1. The van der Waals surface area contributed by atoms with Gasteiger partial charge in [-0.25, -0.2) is 14.6 Å². The average molecular weight is 467 g/mol. The van der Waals surface area contributed by atoms with Gasteiger partial charge < -0.3 is 15.9 Å². The van der Waals surface area contributed by atoms with E-state index in [2.05, 4.69) is 26.9 Å². The Morgan fingerprint density at radius 2 is 1.91 bits per heavy atom. The lowest BCUT2D eigenvalue weighted by molar-refractivity contribution is 0.253. The largest absolute Gasteiger partial charge is 0.506 e. The maximum Gasteiger partial charge on any atom is 0.263 e. The second kappa shape index (κ2) is 8.59. The van der Waals surface area contributed by atoms with Crippen LogP contribution in [0.25, 0.3) is 27.5 Å². The van der Waals surface area contributed by atoms with Crippen LogP contribution < -0.4 is 11.3 Å². The Balaban J connectivity index is 1.79. The summed E-state index contributed by atoms with van der Waals surface area (Å²) in [4.78, 5) is 22.1. The summed E-state index contributed by atoms with van der Waals surface area (Å²) in [7, 11) is 0. The second-order valence-electron chi connectivity index (χ2n) is 8.21. The van der Waals surface area contributed by atoms with Crippen molar-refractivity contribution in [2.24, 2.45) is 0 Å². The van der Waals surface area contributed by atoms with E-state index in [1.54, 1.807) is 29.8 Å². The minimum absolute atomic E-state index is 0.0239. The number of aliphatic hydroxyl groups is 1. The van der Waals surface area contributed by atoms with Gasteiger partial charge in [-0.3, -0.25) is 9.36 Å². The van der Waals surface area contributed by atoms with Crippen LogP contribution in [0.3, 0.4) is 0 Å². The molecule has 9 heteroatoms. The normalized spacial score (nSPS) is 12.0. The minimum Gasteiger partial charge on any atom is -0.506 e. The quantitative estimate of drug-likeness (QED) is 0.348. The van der Waals surface area contributed by atoms with Crippen molar-refractivity contribution in [3.05, 3.63) is 82.2 Å². The van der Waals surface area contributed by atoms with E-state index in [1.165, 1.54) is 17.0 Å². The maximum atomic E-state index is 13.7. The number of pyridine rings is 1. The summed E-state index contributed by atoms with van der Waals surface area (Å²) in [6, 6.07) is 14.2. The summed E-state index contributed by atoms with van der Waals surface area (Å²) in [5.74, 6) is 5.70. The molecule has 5 aromatic rings. The summed E-state index contributed by atoms with van der Waals surface area (Å²) >= 11 is 0. The monoisotopic (exact) mass is 466 g/mol. The number of aromatic nitrogens is 5. The molecule has 174 valence electrons. The standard InChI is InChI=1S/C26H22N6O3/c1-15-6-5-7-17-12-18(32(26(35)22(15)17)20-8-3-4-9-21(20)34)13-31-25-23(24(27)28-14-29-25)19(30-31)11-10-16(2)33/h3-9,12,14,16,33-34H,13H2,1-2H3,(H2,27,28,29)/t16-/m1/s1. The molecule has 3 aromatic heterocycles. The number of aliphatic hydroxyl groups excluding tert-OH is 1. The molecule has 2 aromatic carbocycles. The Kier molecular flexibility index (Phi) is 5.43. The number of anilines is 1. The molecule has 35 heavy (non-hydrogen) atoms. The molecule has 0 aliphatic carbocycles. The number of aromatic hydroxyl groups is 1. The maximum absolute atomic E-state index is 13.7. The number of phenolic OH excluding ortho intramolecular Hbond substituents is 1. The number of rotatable bonds is 3. The zero-order chi connectivity index (χ0) is 24.7. The van der Waals surface area contributed by atoms with Crippen molar-refractivity contribution in [3.63, 3.8) is 0 Å². The first-order valence-electron chi connectivity index (χ1n) is 10.9. The van der Waals surface area contributed by atoms with Gasteiger partial charge in [0.25, 0.3) is 5.56 Å². The van der Waals surface area contributed by atoms with Crippen LogP contribution in [0.15, 0.2) is 59.7 Å². The van der Waals surface area contributed by atoms with Crippen LogP contribution in [0.2, 0.25) is 0 Å². The van der Waals surface area contributed by atoms with E-state index < -0.39 is 6.10 Å². The topological polar surface area (TPSA) is 132 Å². The summed E-state index contributed by atoms with van der Waals surface area (Å²) < 4.78 is 3.08. The molecule has 0 amide bonds.